The molecule has 0 aromatic heterocycles. The lowest BCUT2D eigenvalue weighted by Gasteiger charge is -2.66. The fourth-order valence-corrected chi connectivity index (χ4v) is 11.0. The number of methoxy groups -OCH3 is 1. The number of benzene rings is 3. The van der Waals surface area contributed by atoms with Crippen molar-refractivity contribution in [3.63, 3.8) is 0 Å². The van der Waals surface area contributed by atoms with Gasteiger partial charge in [0.2, 0.25) is 0 Å². The van der Waals surface area contributed by atoms with Crippen LogP contribution in [0.15, 0.2) is 72.8 Å². The second kappa shape index (κ2) is 9.09. The SMILES string of the molecule is COc1ccc2c(c1Oc1ccccc1)C13CCN(CC4CC4)C(C2)C12CCC1C3C(CN1Cc1ccccc1)C2. The van der Waals surface area contributed by atoms with Gasteiger partial charge in [0.15, 0.2) is 11.5 Å². The minimum Gasteiger partial charge on any atom is -0.493 e. The molecule has 0 spiro atoms. The third-order valence-electron chi connectivity index (χ3n) is 12.4. The van der Waals surface area contributed by atoms with Crippen LogP contribution in [0.2, 0.25) is 0 Å². The predicted molar refractivity (Wildman–Crippen MR) is 161 cm³/mol. The van der Waals surface area contributed by atoms with E-state index in [0.717, 1.165) is 42.0 Å². The quantitative estimate of drug-likeness (QED) is 0.317. The van der Waals surface area contributed by atoms with Gasteiger partial charge >= 0.3 is 0 Å². The Balaban J connectivity index is 1.20. The summed E-state index contributed by atoms with van der Waals surface area (Å²) in [6.07, 6.45) is 9.38. The Bertz CT molecular complexity index is 1450. The highest BCUT2D eigenvalue weighted by Gasteiger charge is 2.76. The Morgan fingerprint density at radius 3 is 2.46 bits per heavy atom. The number of rotatable bonds is 7. The van der Waals surface area contributed by atoms with Crippen LogP contribution in [0.4, 0.5) is 0 Å². The number of para-hydroxylation sites is 1. The molecule has 4 heteroatoms. The number of hydrogen-bond donors (Lipinski definition) is 0. The van der Waals surface area contributed by atoms with Gasteiger partial charge in [-0.05, 0) is 104 Å². The molecule has 3 saturated carbocycles. The standard InChI is InChI=1S/C37H42N2O2/c1-40-31-15-14-27-20-32-36-17-16-30-33(28(21-36)24-39(30)23-25-8-4-2-5-9-25)37(36,18-19-38(32)22-26-12-13-26)34(27)35(31)41-29-10-6-3-7-11-29/h2-11,14-15,26,28,30,32-33H,12-13,16-24H2,1H3. The van der Waals surface area contributed by atoms with Crippen LogP contribution in [0.1, 0.15) is 55.2 Å². The summed E-state index contributed by atoms with van der Waals surface area (Å²) in [5.41, 5.74) is 5.02. The van der Waals surface area contributed by atoms with Gasteiger partial charge in [0, 0.05) is 42.7 Å². The smallest absolute Gasteiger partial charge is 0.173 e. The van der Waals surface area contributed by atoms with E-state index in [4.69, 9.17) is 9.47 Å². The van der Waals surface area contributed by atoms with Crippen molar-refractivity contribution >= 4 is 0 Å². The minimum atomic E-state index is 0.156. The molecule has 0 radical (unpaired) electrons. The molecule has 9 rings (SSSR count). The van der Waals surface area contributed by atoms with E-state index in [9.17, 15) is 0 Å². The zero-order valence-electron chi connectivity index (χ0n) is 24.3. The van der Waals surface area contributed by atoms with E-state index < -0.39 is 0 Å². The van der Waals surface area contributed by atoms with Crippen molar-refractivity contribution in [1.82, 2.24) is 9.80 Å². The molecule has 3 aromatic carbocycles. The molecule has 6 atom stereocenters. The molecule has 4 aliphatic carbocycles. The highest BCUT2D eigenvalue weighted by atomic mass is 16.5. The van der Waals surface area contributed by atoms with Gasteiger partial charge in [-0.1, -0.05) is 54.6 Å². The van der Waals surface area contributed by atoms with Gasteiger partial charge in [0.25, 0.3) is 0 Å². The molecule has 4 nitrogen and oxygen atoms in total. The average Bonchev–Trinajstić information content (AvgIpc) is 3.71. The van der Waals surface area contributed by atoms with Crippen LogP contribution in [-0.2, 0) is 18.4 Å². The van der Waals surface area contributed by atoms with Crippen LogP contribution >= 0.6 is 0 Å². The van der Waals surface area contributed by atoms with E-state index in [-0.39, 0.29) is 5.41 Å². The van der Waals surface area contributed by atoms with E-state index in [2.05, 4.69) is 82.6 Å². The first-order chi connectivity index (χ1) is 20.2. The summed E-state index contributed by atoms with van der Waals surface area (Å²) in [4.78, 5) is 5.85. The van der Waals surface area contributed by atoms with Crippen LogP contribution in [0, 0.1) is 23.2 Å². The van der Waals surface area contributed by atoms with Gasteiger partial charge < -0.3 is 9.47 Å². The van der Waals surface area contributed by atoms with Crippen LogP contribution in [0.3, 0.4) is 0 Å². The summed E-state index contributed by atoms with van der Waals surface area (Å²) in [5.74, 6) is 5.21. The molecule has 2 aliphatic heterocycles. The molecule has 2 saturated heterocycles. The monoisotopic (exact) mass is 546 g/mol. The van der Waals surface area contributed by atoms with E-state index in [0.29, 0.717) is 23.4 Å². The minimum absolute atomic E-state index is 0.156. The normalized spacial score (nSPS) is 35.1. The zero-order valence-corrected chi connectivity index (χ0v) is 24.3. The van der Waals surface area contributed by atoms with Crippen molar-refractivity contribution in [2.45, 2.75) is 69.0 Å². The van der Waals surface area contributed by atoms with Crippen LogP contribution in [0.25, 0.3) is 0 Å². The number of likely N-dealkylation sites (tertiary alicyclic amines) is 2. The van der Waals surface area contributed by atoms with E-state index in [1.54, 1.807) is 0 Å². The van der Waals surface area contributed by atoms with Gasteiger partial charge in [0.1, 0.15) is 5.75 Å². The third-order valence-corrected chi connectivity index (χ3v) is 12.4. The second-order valence-corrected chi connectivity index (χ2v) is 14.1. The molecule has 2 heterocycles. The summed E-state index contributed by atoms with van der Waals surface area (Å²) in [5, 5.41) is 0. The molecule has 6 aliphatic rings. The Labute approximate surface area is 244 Å². The number of ether oxygens (including phenoxy) is 2. The first-order valence-corrected chi connectivity index (χ1v) is 16.2. The first-order valence-electron chi connectivity index (χ1n) is 16.2. The lowest BCUT2D eigenvalue weighted by atomic mass is 9.43. The maximum Gasteiger partial charge on any atom is 0.173 e. The number of fused-ring (bicyclic) bond motifs is 1. The number of nitrogens with zero attached hydrogens (tertiary/aromatic N) is 2. The molecule has 5 fully saturated rings. The molecular formula is C37H42N2O2. The van der Waals surface area contributed by atoms with Gasteiger partial charge in [0.05, 0.1) is 7.11 Å². The van der Waals surface area contributed by atoms with Crippen molar-refractivity contribution in [1.29, 1.82) is 0 Å². The van der Waals surface area contributed by atoms with Crippen molar-refractivity contribution in [3.8, 4) is 17.2 Å². The Morgan fingerprint density at radius 1 is 0.878 bits per heavy atom. The van der Waals surface area contributed by atoms with Gasteiger partial charge in [-0.15, -0.1) is 0 Å². The van der Waals surface area contributed by atoms with Gasteiger partial charge in [-0.25, -0.2) is 0 Å². The van der Waals surface area contributed by atoms with Crippen molar-refractivity contribution in [2.24, 2.45) is 23.2 Å². The molecule has 0 amide bonds. The van der Waals surface area contributed by atoms with Crippen LogP contribution in [-0.4, -0.2) is 48.6 Å². The van der Waals surface area contributed by atoms with Crippen LogP contribution in [0.5, 0.6) is 17.2 Å². The van der Waals surface area contributed by atoms with Gasteiger partial charge in [-0.3, -0.25) is 9.80 Å². The maximum absolute atomic E-state index is 6.92. The summed E-state index contributed by atoms with van der Waals surface area (Å²) in [6.45, 7) is 4.88. The maximum atomic E-state index is 6.92. The summed E-state index contributed by atoms with van der Waals surface area (Å²) >= 11 is 0. The lowest BCUT2D eigenvalue weighted by Crippen LogP contribution is -2.69. The number of piperidine rings is 1. The van der Waals surface area contributed by atoms with Crippen molar-refractivity contribution in [2.75, 3.05) is 26.7 Å². The highest BCUT2D eigenvalue weighted by molar-refractivity contribution is 5.61. The Kier molecular flexibility index (Phi) is 5.49. The Hall–Kier alpha value is -2.82. The summed E-state index contributed by atoms with van der Waals surface area (Å²) < 4.78 is 13.0. The van der Waals surface area contributed by atoms with Crippen LogP contribution < -0.4 is 9.47 Å². The topological polar surface area (TPSA) is 24.9 Å². The summed E-state index contributed by atoms with van der Waals surface area (Å²) in [6, 6.07) is 27.5. The number of hydrogen-bond acceptors (Lipinski definition) is 4. The van der Waals surface area contributed by atoms with E-state index >= 15 is 0 Å². The molecule has 4 bridgehead atoms. The third kappa shape index (κ3) is 3.47. The van der Waals surface area contributed by atoms with Crippen molar-refractivity contribution in [3.05, 3.63) is 89.5 Å². The first kappa shape index (κ1) is 24.7. The predicted octanol–water partition coefficient (Wildman–Crippen LogP) is 7.07. The molecule has 41 heavy (non-hydrogen) atoms. The molecule has 0 N–H and O–H groups in total. The fraction of sp³-hybridized carbons (Fsp3) is 0.514. The average molecular weight is 547 g/mol. The summed E-state index contributed by atoms with van der Waals surface area (Å²) in [7, 11) is 1.82. The van der Waals surface area contributed by atoms with Gasteiger partial charge in [-0.2, -0.15) is 0 Å². The van der Waals surface area contributed by atoms with Crippen molar-refractivity contribution < 1.29 is 9.47 Å². The zero-order chi connectivity index (χ0) is 27.2. The Morgan fingerprint density at radius 2 is 1.68 bits per heavy atom. The largest absolute Gasteiger partial charge is 0.493 e. The highest BCUT2D eigenvalue weighted by Crippen LogP contribution is 2.77. The molecule has 6 unspecified atom stereocenters. The lowest BCUT2D eigenvalue weighted by molar-refractivity contribution is -0.106. The van der Waals surface area contributed by atoms with E-state index in [1.165, 1.54) is 74.8 Å². The molecule has 212 valence electrons. The molecule has 3 aromatic rings. The molecular weight excluding hydrogens is 504 g/mol. The fourth-order valence-electron chi connectivity index (χ4n) is 11.0. The second-order valence-electron chi connectivity index (χ2n) is 14.1. The van der Waals surface area contributed by atoms with E-state index in [1.807, 2.05) is 7.11 Å².